The largest absolute Gasteiger partial charge is 0.462 e. The maximum atomic E-state index is 14.5. The highest BCUT2D eigenvalue weighted by atomic mass is 16.7. The van der Waals surface area contributed by atoms with Crippen molar-refractivity contribution in [1.82, 2.24) is 0 Å². The fourth-order valence-electron chi connectivity index (χ4n) is 11.1. The summed E-state index contributed by atoms with van der Waals surface area (Å²) in [6.45, 7) is 15.9. The van der Waals surface area contributed by atoms with Gasteiger partial charge in [0.05, 0.1) is 55.4 Å². The lowest BCUT2D eigenvalue weighted by atomic mass is 9.70. The van der Waals surface area contributed by atoms with E-state index in [1.54, 1.807) is 34.3 Å². The zero-order valence-corrected chi connectivity index (χ0v) is 39.0. The van der Waals surface area contributed by atoms with E-state index in [0.29, 0.717) is 31.3 Å². The maximum Gasteiger partial charge on any atom is 0.316 e. The molecule has 5 saturated heterocycles. The first-order valence-electron chi connectivity index (χ1n) is 23.1. The van der Waals surface area contributed by atoms with Gasteiger partial charge in [-0.3, -0.25) is 4.79 Å². The Bertz CT molecular complexity index is 1710. The predicted octanol–water partition coefficient (Wildman–Crippen LogP) is 4.84. The number of hydrogen-bond acceptors (Lipinski definition) is 15. The third-order valence-electron chi connectivity index (χ3n) is 14.7. The molecule has 0 unspecified atom stereocenters. The van der Waals surface area contributed by atoms with E-state index in [2.05, 4.69) is 26.8 Å². The second kappa shape index (κ2) is 20.0. The molecule has 7 rings (SSSR count). The number of fused-ring (bicyclic) bond motifs is 2. The average molecular weight is 891 g/mol. The predicted molar refractivity (Wildman–Crippen MR) is 229 cm³/mol. The minimum Gasteiger partial charge on any atom is -0.462 e. The van der Waals surface area contributed by atoms with Crippen molar-refractivity contribution >= 4 is 5.97 Å². The molecule has 0 aromatic heterocycles. The number of aliphatic hydroxyl groups is 3. The molecule has 0 radical (unpaired) electrons. The summed E-state index contributed by atoms with van der Waals surface area (Å²) in [5, 5.41) is 34.7. The fourth-order valence-corrected chi connectivity index (χ4v) is 11.1. The third-order valence-corrected chi connectivity index (χ3v) is 14.7. The van der Waals surface area contributed by atoms with Gasteiger partial charge in [-0.05, 0) is 56.8 Å². The molecule has 0 aromatic carbocycles. The van der Waals surface area contributed by atoms with Gasteiger partial charge in [0.25, 0.3) is 0 Å². The molecule has 0 aromatic rings. The summed E-state index contributed by atoms with van der Waals surface area (Å²) in [6.07, 6.45) is 3.50. The van der Waals surface area contributed by atoms with E-state index in [4.69, 9.17) is 52.1 Å². The number of carbonyl (C=O) groups is 1. The number of ether oxygens (including phenoxy) is 11. The van der Waals surface area contributed by atoms with Crippen LogP contribution < -0.4 is 0 Å². The van der Waals surface area contributed by atoms with Crippen LogP contribution in [-0.2, 0) is 56.9 Å². The van der Waals surface area contributed by atoms with Crippen LogP contribution in [0.5, 0.6) is 0 Å². The van der Waals surface area contributed by atoms with Crippen molar-refractivity contribution < 1.29 is 72.2 Å². The molecular weight excluding hydrogens is 817 g/mol. The van der Waals surface area contributed by atoms with Crippen molar-refractivity contribution in [1.29, 1.82) is 0 Å². The van der Waals surface area contributed by atoms with Crippen LogP contribution in [0.15, 0.2) is 47.1 Å². The first kappa shape index (κ1) is 48.8. The number of carbonyl (C=O) groups excluding carboxylic acids is 1. The maximum absolute atomic E-state index is 14.5. The Labute approximate surface area is 373 Å². The van der Waals surface area contributed by atoms with E-state index in [9.17, 15) is 20.1 Å². The number of aliphatic hydroxyl groups excluding tert-OH is 2. The molecule has 0 amide bonds. The number of esters is 1. The normalized spacial score (nSPS) is 49.6. The Morgan fingerprint density at radius 2 is 1.52 bits per heavy atom. The van der Waals surface area contributed by atoms with Crippen LogP contribution in [-0.4, -0.2) is 153 Å². The first-order chi connectivity index (χ1) is 29.9. The molecule has 2 bridgehead atoms. The van der Waals surface area contributed by atoms with Crippen LogP contribution in [0, 0.1) is 23.7 Å². The molecule has 1 spiro atoms. The second-order valence-corrected chi connectivity index (χ2v) is 19.5. The average Bonchev–Trinajstić information content (AvgIpc) is 3.57. The van der Waals surface area contributed by atoms with Gasteiger partial charge in [0, 0.05) is 65.3 Å². The van der Waals surface area contributed by atoms with Gasteiger partial charge < -0.3 is 67.4 Å². The minimum atomic E-state index is -1.74. The smallest absolute Gasteiger partial charge is 0.316 e. The molecule has 1 aliphatic carbocycles. The van der Waals surface area contributed by atoms with Crippen LogP contribution in [0.2, 0.25) is 0 Å². The highest BCUT2D eigenvalue weighted by molar-refractivity contribution is 5.78. The number of hydrogen-bond donors (Lipinski definition) is 3. The highest BCUT2D eigenvalue weighted by Gasteiger charge is 2.61. The fraction of sp³-hybridized carbons (Fsp3) is 0.812. The van der Waals surface area contributed by atoms with Gasteiger partial charge in [-0.15, -0.1) is 0 Å². The summed E-state index contributed by atoms with van der Waals surface area (Å²) >= 11 is 0. The molecular formula is C48H74O15. The SMILES string of the molecule is CO[C@H]1C[C@H](O[C@H]2[C@H](C)O[C@@H](O[C@@H]3/C(C)=C/C[C@@H]4C[C@@H](C[C@]5(C[C@H](O)[C@H](C)[C@@H](C(C)C)O5)O4)OC(=O)[C@@H]4C=C(C)[C@@H](OC)[C@H]5OC/C(=C/C=C/[C@@H]3C)[C@]54O)C[C@@H]2OC)O[C@@H](C)[C@@H]1O. The summed E-state index contributed by atoms with van der Waals surface area (Å²) in [6, 6.07) is 0. The summed E-state index contributed by atoms with van der Waals surface area (Å²) in [5.41, 5.74) is 0.511. The Hall–Kier alpha value is -2.09. The van der Waals surface area contributed by atoms with Crippen LogP contribution in [0.25, 0.3) is 0 Å². The van der Waals surface area contributed by atoms with Crippen molar-refractivity contribution in [2.45, 2.75) is 197 Å². The van der Waals surface area contributed by atoms with E-state index in [1.807, 2.05) is 45.9 Å². The molecule has 7 aliphatic rings. The molecule has 3 N–H and O–H groups in total. The van der Waals surface area contributed by atoms with Crippen molar-refractivity contribution in [3.63, 3.8) is 0 Å². The van der Waals surface area contributed by atoms with Gasteiger partial charge in [-0.2, -0.15) is 0 Å². The first-order valence-corrected chi connectivity index (χ1v) is 23.1. The lowest BCUT2D eigenvalue weighted by molar-refractivity contribution is -0.353. The van der Waals surface area contributed by atoms with Gasteiger partial charge >= 0.3 is 5.97 Å². The lowest BCUT2D eigenvalue weighted by Gasteiger charge is -2.52. The van der Waals surface area contributed by atoms with Crippen LogP contribution >= 0.6 is 0 Å². The van der Waals surface area contributed by atoms with Gasteiger partial charge in [0.2, 0.25) is 0 Å². The van der Waals surface area contributed by atoms with E-state index in [-0.39, 0.29) is 49.4 Å². The van der Waals surface area contributed by atoms with Crippen LogP contribution in [0.4, 0.5) is 0 Å². The van der Waals surface area contributed by atoms with Crippen molar-refractivity contribution in [2.24, 2.45) is 23.7 Å². The van der Waals surface area contributed by atoms with E-state index >= 15 is 0 Å². The molecule has 356 valence electrons. The van der Waals surface area contributed by atoms with Gasteiger partial charge in [-0.1, -0.05) is 58.1 Å². The van der Waals surface area contributed by atoms with Crippen LogP contribution in [0.3, 0.4) is 0 Å². The molecule has 0 saturated carbocycles. The van der Waals surface area contributed by atoms with Crippen molar-refractivity contribution in [3.8, 4) is 0 Å². The molecule has 20 atom stereocenters. The summed E-state index contributed by atoms with van der Waals surface area (Å²) in [5.74, 6) is -3.03. The number of allylic oxidation sites excluding steroid dienone is 2. The Kier molecular flexibility index (Phi) is 15.5. The minimum absolute atomic E-state index is 0.0967. The Morgan fingerprint density at radius 3 is 2.22 bits per heavy atom. The molecule has 6 aliphatic heterocycles. The zero-order chi connectivity index (χ0) is 45.5. The standard InChI is InChI=1S/C48H74O15/c1-24(2)41-28(6)35(49)22-47(63-41)21-33-18-32(62-47)16-15-26(4)42(60-39-20-37(54-10)44(30(8)58-39)61-38-19-36(53-9)40(50)29(7)57-38)25(3)13-12-14-31-23-56-45-43(55-11)27(5)17-34(46(51)59-33)48(31,45)52/h12-15,17,24-25,28-30,32-45,49-50,52H,16,18-23H2,1-11H3/b13-12+,26-15+,31-14-/t25-,28-,29-,30-,32+,33-,34-,35-,36-,37-,38-,39-,40-,41+,42-,43+,44-,45+,47-,48+/m0/s1. The topological polar surface area (TPSA) is 179 Å². The second-order valence-electron chi connectivity index (χ2n) is 19.5. The zero-order valence-electron chi connectivity index (χ0n) is 39.0. The Balaban J connectivity index is 1.19. The van der Waals surface area contributed by atoms with E-state index in [0.717, 1.165) is 11.1 Å². The third kappa shape index (κ3) is 9.98. The molecule has 15 heteroatoms. The van der Waals surface area contributed by atoms with Crippen molar-refractivity contribution in [2.75, 3.05) is 27.9 Å². The molecule has 5 fully saturated rings. The summed E-state index contributed by atoms with van der Waals surface area (Å²) in [4.78, 5) is 14.5. The van der Waals surface area contributed by atoms with Gasteiger partial charge in [0.1, 0.15) is 42.0 Å². The van der Waals surface area contributed by atoms with E-state index in [1.165, 1.54) is 0 Å². The highest BCUT2D eigenvalue weighted by Crippen LogP contribution is 2.48. The summed E-state index contributed by atoms with van der Waals surface area (Å²) < 4.78 is 69.7. The molecule has 15 nitrogen and oxygen atoms in total. The number of methoxy groups -OCH3 is 3. The van der Waals surface area contributed by atoms with Gasteiger partial charge in [-0.25, -0.2) is 0 Å². The quantitative estimate of drug-likeness (QED) is 0.223. The van der Waals surface area contributed by atoms with Crippen LogP contribution in [0.1, 0.15) is 93.9 Å². The van der Waals surface area contributed by atoms with E-state index < -0.39 is 103 Å². The van der Waals surface area contributed by atoms with Crippen molar-refractivity contribution in [3.05, 3.63) is 47.1 Å². The summed E-state index contributed by atoms with van der Waals surface area (Å²) in [7, 11) is 4.79. The Morgan fingerprint density at radius 1 is 0.825 bits per heavy atom. The monoisotopic (exact) mass is 891 g/mol. The molecule has 6 heterocycles. The number of rotatable bonds is 8. The van der Waals surface area contributed by atoms with Gasteiger partial charge in [0.15, 0.2) is 18.4 Å². The molecule has 63 heavy (non-hydrogen) atoms. The lowest BCUT2D eigenvalue weighted by Crippen LogP contribution is -2.60.